The molecule has 0 radical (unpaired) electrons. The maximum atomic E-state index is 12.5. The van der Waals surface area contributed by atoms with Crippen LogP contribution in [0.3, 0.4) is 0 Å². The van der Waals surface area contributed by atoms with Crippen molar-refractivity contribution < 1.29 is 28.3 Å². The third kappa shape index (κ3) is 5.39. The van der Waals surface area contributed by atoms with E-state index in [4.69, 9.17) is 13.9 Å². The summed E-state index contributed by atoms with van der Waals surface area (Å²) in [7, 11) is 1.31. The molecule has 7 nitrogen and oxygen atoms in total. The number of thioether (sulfide) groups is 1. The SMILES string of the molecule is COC(=O)c1ccoc1CSc1ccccc1C(=O)NCC(=O)OCC1CC1. The molecule has 2 aromatic rings. The van der Waals surface area contributed by atoms with Gasteiger partial charge in [-0.2, -0.15) is 0 Å². The van der Waals surface area contributed by atoms with E-state index in [0.717, 1.165) is 12.8 Å². The zero-order chi connectivity index (χ0) is 19.9. The van der Waals surface area contributed by atoms with E-state index >= 15 is 0 Å². The topological polar surface area (TPSA) is 94.8 Å². The Morgan fingerprint density at radius 2 is 1.96 bits per heavy atom. The van der Waals surface area contributed by atoms with Crippen molar-refractivity contribution in [2.24, 2.45) is 5.92 Å². The summed E-state index contributed by atoms with van der Waals surface area (Å²) >= 11 is 1.35. The van der Waals surface area contributed by atoms with Crippen LogP contribution in [0.15, 0.2) is 45.9 Å². The molecule has 3 rings (SSSR count). The number of ether oxygens (including phenoxy) is 2. The van der Waals surface area contributed by atoms with Gasteiger partial charge in [0.15, 0.2) is 0 Å². The highest BCUT2D eigenvalue weighted by Crippen LogP contribution is 2.29. The summed E-state index contributed by atoms with van der Waals surface area (Å²) < 4.78 is 15.2. The molecule has 1 fully saturated rings. The predicted molar refractivity (Wildman–Crippen MR) is 102 cm³/mol. The van der Waals surface area contributed by atoms with Crippen LogP contribution < -0.4 is 5.32 Å². The number of hydrogen-bond donors (Lipinski definition) is 1. The smallest absolute Gasteiger partial charge is 0.341 e. The van der Waals surface area contributed by atoms with Gasteiger partial charge in [0.1, 0.15) is 17.9 Å². The average Bonchev–Trinajstić information content (AvgIpc) is 3.44. The normalized spacial score (nSPS) is 13.0. The number of amides is 1. The molecule has 1 amide bonds. The number of nitrogens with one attached hydrogen (secondary N) is 1. The van der Waals surface area contributed by atoms with Crippen molar-refractivity contribution in [3.8, 4) is 0 Å². The summed E-state index contributed by atoms with van der Waals surface area (Å²) in [5.41, 5.74) is 0.795. The number of furan rings is 1. The second-order valence-corrected chi connectivity index (χ2v) is 7.36. The minimum atomic E-state index is -0.472. The molecule has 0 atom stereocenters. The van der Waals surface area contributed by atoms with Gasteiger partial charge in [-0.1, -0.05) is 12.1 Å². The Labute approximate surface area is 166 Å². The van der Waals surface area contributed by atoms with Crippen LogP contribution in [0, 0.1) is 5.92 Å². The minimum Gasteiger partial charge on any atom is -0.468 e. The molecule has 148 valence electrons. The van der Waals surface area contributed by atoms with Crippen LogP contribution in [-0.4, -0.2) is 38.1 Å². The number of rotatable bonds is 9. The maximum Gasteiger partial charge on any atom is 0.341 e. The highest BCUT2D eigenvalue weighted by atomic mass is 32.2. The Bertz CT molecular complexity index is 858. The van der Waals surface area contributed by atoms with E-state index in [1.54, 1.807) is 24.3 Å². The van der Waals surface area contributed by atoms with Gasteiger partial charge in [-0.05, 0) is 37.0 Å². The van der Waals surface area contributed by atoms with Gasteiger partial charge >= 0.3 is 11.9 Å². The fraction of sp³-hybridized carbons (Fsp3) is 0.350. The largest absolute Gasteiger partial charge is 0.468 e. The molecule has 1 aromatic carbocycles. The van der Waals surface area contributed by atoms with Crippen LogP contribution in [-0.2, 0) is 20.0 Å². The zero-order valence-corrected chi connectivity index (χ0v) is 16.3. The number of carbonyl (C=O) groups is 3. The highest BCUT2D eigenvalue weighted by Gasteiger charge is 2.23. The minimum absolute atomic E-state index is 0.171. The molecule has 0 aliphatic heterocycles. The van der Waals surface area contributed by atoms with Gasteiger partial charge in [0.25, 0.3) is 5.91 Å². The van der Waals surface area contributed by atoms with Crippen molar-refractivity contribution in [3.63, 3.8) is 0 Å². The van der Waals surface area contributed by atoms with E-state index in [0.29, 0.717) is 40.1 Å². The van der Waals surface area contributed by atoms with E-state index < -0.39 is 11.9 Å². The van der Waals surface area contributed by atoms with E-state index in [-0.39, 0.29) is 12.5 Å². The second kappa shape index (κ2) is 9.45. The third-order valence-electron chi connectivity index (χ3n) is 4.21. The van der Waals surface area contributed by atoms with Gasteiger partial charge in [0, 0.05) is 4.90 Å². The summed E-state index contributed by atoms with van der Waals surface area (Å²) in [4.78, 5) is 36.6. The molecular formula is C20H21NO6S. The van der Waals surface area contributed by atoms with Crippen molar-refractivity contribution in [3.05, 3.63) is 53.5 Å². The van der Waals surface area contributed by atoms with Gasteiger partial charge in [0.2, 0.25) is 0 Å². The first-order valence-corrected chi connectivity index (χ1v) is 9.87. The Morgan fingerprint density at radius 3 is 2.71 bits per heavy atom. The lowest BCUT2D eigenvalue weighted by molar-refractivity contribution is -0.142. The first-order valence-electron chi connectivity index (χ1n) is 8.88. The summed E-state index contributed by atoms with van der Waals surface area (Å²) in [6.45, 7) is 0.252. The van der Waals surface area contributed by atoms with Crippen molar-refractivity contribution in [2.75, 3.05) is 20.3 Å². The van der Waals surface area contributed by atoms with Gasteiger partial charge in [-0.3, -0.25) is 9.59 Å². The van der Waals surface area contributed by atoms with Crippen LogP contribution in [0.2, 0.25) is 0 Å². The van der Waals surface area contributed by atoms with Gasteiger partial charge in [-0.25, -0.2) is 4.79 Å². The molecule has 0 saturated heterocycles. The Kier molecular flexibility index (Phi) is 6.76. The van der Waals surface area contributed by atoms with Crippen LogP contribution in [0.1, 0.15) is 39.3 Å². The molecule has 0 bridgehead atoms. The van der Waals surface area contributed by atoms with Gasteiger partial charge in [-0.15, -0.1) is 11.8 Å². The number of carbonyl (C=O) groups excluding carboxylic acids is 3. The monoisotopic (exact) mass is 403 g/mol. The maximum absolute atomic E-state index is 12.5. The lowest BCUT2D eigenvalue weighted by Crippen LogP contribution is -2.31. The predicted octanol–water partition coefficient (Wildman–Crippen LogP) is 3.04. The van der Waals surface area contributed by atoms with E-state index in [1.165, 1.54) is 25.1 Å². The van der Waals surface area contributed by atoms with Crippen LogP contribution in [0.5, 0.6) is 0 Å². The Morgan fingerprint density at radius 1 is 1.18 bits per heavy atom. The molecule has 1 aliphatic carbocycles. The third-order valence-corrected chi connectivity index (χ3v) is 5.28. The summed E-state index contributed by atoms with van der Waals surface area (Å²) in [6, 6.07) is 8.58. The Balaban J connectivity index is 1.57. The van der Waals surface area contributed by atoms with Crippen LogP contribution >= 0.6 is 11.8 Å². The summed E-state index contributed by atoms with van der Waals surface area (Å²) in [6.07, 6.45) is 3.61. The van der Waals surface area contributed by atoms with Crippen LogP contribution in [0.4, 0.5) is 0 Å². The molecule has 1 aromatic heterocycles. The molecule has 28 heavy (non-hydrogen) atoms. The fourth-order valence-electron chi connectivity index (χ4n) is 2.46. The number of methoxy groups -OCH3 is 1. The van der Waals surface area contributed by atoms with E-state index in [9.17, 15) is 14.4 Å². The number of benzene rings is 1. The highest BCUT2D eigenvalue weighted by molar-refractivity contribution is 7.98. The summed E-state index contributed by atoms with van der Waals surface area (Å²) in [5, 5.41) is 2.59. The standard InChI is InChI=1S/C20H21NO6S/c1-25-20(24)14-8-9-26-16(14)12-28-17-5-3-2-4-15(17)19(23)21-10-18(22)27-11-13-6-7-13/h2-5,8-9,13H,6-7,10-12H2,1H3,(H,21,23). The molecule has 1 N–H and O–H groups in total. The summed E-state index contributed by atoms with van der Waals surface area (Å²) in [5.74, 6) is 0.0254. The van der Waals surface area contributed by atoms with Crippen molar-refractivity contribution in [1.29, 1.82) is 0 Å². The first kappa shape index (κ1) is 20.0. The Hall–Kier alpha value is -2.74. The van der Waals surface area contributed by atoms with E-state index in [1.807, 2.05) is 6.07 Å². The van der Waals surface area contributed by atoms with Crippen molar-refractivity contribution in [1.82, 2.24) is 5.32 Å². The molecule has 0 spiro atoms. The lowest BCUT2D eigenvalue weighted by atomic mass is 10.2. The van der Waals surface area contributed by atoms with Gasteiger partial charge < -0.3 is 19.2 Å². The van der Waals surface area contributed by atoms with E-state index in [2.05, 4.69) is 5.32 Å². The first-order chi connectivity index (χ1) is 13.6. The van der Waals surface area contributed by atoms with Crippen LogP contribution in [0.25, 0.3) is 0 Å². The zero-order valence-electron chi connectivity index (χ0n) is 15.4. The number of hydrogen-bond acceptors (Lipinski definition) is 7. The van der Waals surface area contributed by atoms with Gasteiger partial charge in [0.05, 0.1) is 31.3 Å². The van der Waals surface area contributed by atoms with Crippen molar-refractivity contribution >= 4 is 29.6 Å². The molecule has 1 heterocycles. The lowest BCUT2D eigenvalue weighted by Gasteiger charge is -2.10. The number of esters is 2. The molecular weight excluding hydrogens is 382 g/mol. The second-order valence-electron chi connectivity index (χ2n) is 6.34. The average molecular weight is 403 g/mol. The quantitative estimate of drug-likeness (QED) is 0.508. The van der Waals surface area contributed by atoms with Crippen molar-refractivity contribution in [2.45, 2.75) is 23.5 Å². The molecule has 1 aliphatic rings. The molecule has 1 saturated carbocycles. The molecule has 0 unspecified atom stereocenters. The molecule has 8 heteroatoms. The fourth-order valence-corrected chi connectivity index (χ4v) is 3.46.